The lowest BCUT2D eigenvalue weighted by atomic mass is 10.1. The van der Waals surface area contributed by atoms with Gasteiger partial charge in [0.15, 0.2) is 0 Å². The van der Waals surface area contributed by atoms with Crippen molar-refractivity contribution in [3.63, 3.8) is 0 Å². The van der Waals surface area contributed by atoms with Crippen LogP contribution in [-0.2, 0) is 4.79 Å². The van der Waals surface area contributed by atoms with Crippen LogP contribution in [0.25, 0.3) is 0 Å². The zero-order chi connectivity index (χ0) is 8.97. The minimum atomic E-state index is -0.369. The van der Waals surface area contributed by atoms with Gasteiger partial charge < -0.3 is 11.5 Å². The van der Waals surface area contributed by atoms with Crippen molar-refractivity contribution in [1.82, 2.24) is 0 Å². The number of carbonyl (C=O) groups excluding carboxylic acids is 1. The van der Waals surface area contributed by atoms with Gasteiger partial charge in [0.05, 0.1) is 0 Å². The van der Waals surface area contributed by atoms with E-state index in [0.29, 0.717) is 0 Å². The summed E-state index contributed by atoms with van der Waals surface area (Å²) in [4.78, 5) is 10.5. The SMILES string of the molecule is NC(=O)C[C@H](N)c1ccccc1. The zero-order valence-corrected chi connectivity index (χ0v) is 6.73. The number of amides is 1. The molecule has 0 bridgehead atoms. The number of primary amides is 1. The fourth-order valence-corrected chi connectivity index (χ4v) is 1.03. The molecule has 0 aliphatic heterocycles. The van der Waals surface area contributed by atoms with Crippen molar-refractivity contribution >= 4 is 5.91 Å². The highest BCUT2D eigenvalue weighted by Crippen LogP contribution is 2.11. The highest BCUT2D eigenvalue weighted by molar-refractivity contribution is 5.74. The van der Waals surface area contributed by atoms with Crippen molar-refractivity contribution in [2.24, 2.45) is 11.5 Å². The Morgan fingerprint density at radius 1 is 1.33 bits per heavy atom. The topological polar surface area (TPSA) is 69.1 Å². The Kier molecular flexibility index (Phi) is 2.82. The van der Waals surface area contributed by atoms with E-state index in [4.69, 9.17) is 11.5 Å². The summed E-state index contributed by atoms with van der Waals surface area (Å²) < 4.78 is 0. The second kappa shape index (κ2) is 3.88. The normalized spacial score (nSPS) is 12.4. The number of hydrogen-bond donors (Lipinski definition) is 2. The molecule has 0 saturated heterocycles. The predicted octanol–water partition coefficient (Wildman–Crippen LogP) is 0.562. The molecule has 12 heavy (non-hydrogen) atoms. The Balaban J connectivity index is 2.65. The van der Waals surface area contributed by atoms with Gasteiger partial charge in [-0.1, -0.05) is 30.3 Å². The van der Waals surface area contributed by atoms with E-state index < -0.39 is 0 Å². The monoisotopic (exact) mass is 164 g/mol. The fraction of sp³-hybridized carbons (Fsp3) is 0.222. The highest BCUT2D eigenvalue weighted by atomic mass is 16.1. The summed E-state index contributed by atoms with van der Waals surface area (Å²) in [7, 11) is 0. The zero-order valence-electron chi connectivity index (χ0n) is 6.73. The van der Waals surface area contributed by atoms with Crippen LogP contribution >= 0.6 is 0 Å². The highest BCUT2D eigenvalue weighted by Gasteiger charge is 2.07. The van der Waals surface area contributed by atoms with E-state index in [1.807, 2.05) is 30.3 Å². The third-order valence-corrected chi connectivity index (χ3v) is 1.65. The van der Waals surface area contributed by atoms with E-state index in [9.17, 15) is 4.79 Å². The maximum Gasteiger partial charge on any atom is 0.219 e. The van der Waals surface area contributed by atoms with Gasteiger partial charge in [0, 0.05) is 12.5 Å². The fourth-order valence-electron chi connectivity index (χ4n) is 1.03. The van der Waals surface area contributed by atoms with Crippen molar-refractivity contribution in [2.75, 3.05) is 0 Å². The van der Waals surface area contributed by atoms with Crippen molar-refractivity contribution in [1.29, 1.82) is 0 Å². The summed E-state index contributed by atoms with van der Waals surface area (Å²) in [5.74, 6) is -0.369. The Morgan fingerprint density at radius 3 is 2.42 bits per heavy atom. The van der Waals surface area contributed by atoms with Crippen LogP contribution in [0.3, 0.4) is 0 Å². The molecule has 0 radical (unpaired) electrons. The number of hydrogen-bond acceptors (Lipinski definition) is 2. The molecule has 1 atom stereocenters. The Bertz CT molecular complexity index is 258. The van der Waals surface area contributed by atoms with E-state index in [2.05, 4.69) is 0 Å². The van der Waals surface area contributed by atoms with Gasteiger partial charge in [-0.3, -0.25) is 4.79 Å². The molecule has 4 N–H and O–H groups in total. The van der Waals surface area contributed by atoms with Gasteiger partial charge in [-0.25, -0.2) is 0 Å². The molecule has 0 saturated carbocycles. The number of rotatable bonds is 3. The molecule has 0 aromatic heterocycles. The molecular formula is C9H12N2O. The van der Waals surface area contributed by atoms with Crippen molar-refractivity contribution in [3.8, 4) is 0 Å². The molecule has 0 aliphatic carbocycles. The molecule has 0 fully saturated rings. The van der Waals surface area contributed by atoms with E-state index in [0.717, 1.165) is 5.56 Å². The second-order valence-electron chi connectivity index (χ2n) is 2.69. The Hall–Kier alpha value is -1.35. The molecule has 0 spiro atoms. The van der Waals surface area contributed by atoms with Gasteiger partial charge in [0.25, 0.3) is 0 Å². The lowest BCUT2D eigenvalue weighted by Gasteiger charge is -2.08. The van der Waals surface area contributed by atoms with E-state index in [1.54, 1.807) is 0 Å². The summed E-state index contributed by atoms with van der Waals surface area (Å²) in [6.45, 7) is 0. The van der Waals surface area contributed by atoms with Crippen LogP contribution in [0.5, 0.6) is 0 Å². The maximum atomic E-state index is 10.5. The first-order chi connectivity index (χ1) is 5.70. The average molecular weight is 164 g/mol. The van der Waals surface area contributed by atoms with Gasteiger partial charge in [0.2, 0.25) is 5.91 Å². The van der Waals surface area contributed by atoms with Crippen molar-refractivity contribution < 1.29 is 4.79 Å². The van der Waals surface area contributed by atoms with Gasteiger partial charge >= 0.3 is 0 Å². The van der Waals surface area contributed by atoms with E-state index in [-0.39, 0.29) is 18.4 Å². The van der Waals surface area contributed by atoms with Gasteiger partial charge in [-0.15, -0.1) is 0 Å². The van der Waals surface area contributed by atoms with Crippen LogP contribution in [0.4, 0.5) is 0 Å². The van der Waals surface area contributed by atoms with Crippen LogP contribution in [0.15, 0.2) is 30.3 Å². The molecule has 0 unspecified atom stereocenters. The lowest BCUT2D eigenvalue weighted by molar-refractivity contribution is -0.118. The first-order valence-electron chi connectivity index (χ1n) is 3.79. The van der Waals surface area contributed by atoms with Crippen LogP contribution in [0, 0.1) is 0 Å². The molecule has 1 amide bonds. The smallest absolute Gasteiger partial charge is 0.219 e. The third kappa shape index (κ3) is 2.36. The molecule has 0 aliphatic rings. The number of benzene rings is 1. The average Bonchev–Trinajstić information content (AvgIpc) is 2.05. The van der Waals surface area contributed by atoms with Gasteiger partial charge in [0.1, 0.15) is 0 Å². The van der Waals surface area contributed by atoms with Crippen LogP contribution in [-0.4, -0.2) is 5.91 Å². The quantitative estimate of drug-likeness (QED) is 0.685. The molecule has 3 heteroatoms. The first kappa shape index (κ1) is 8.74. The summed E-state index contributed by atoms with van der Waals surface area (Å²) in [5, 5.41) is 0. The van der Waals surface area contributed by atoms with Crippen molar-refractivity contribution in [3.05, 3.63) is 35.9 Å². The predicted molar refractivity (Wildman–Crippen MR) is 47.2 cm³/mol. The van der Waals surface area contributed by atoms with Crippen LogP contribution in [0.2, 0.25) is 0 Å². The van der Waals surface area contributed by atoms with Crippen LogP contribution < -0.4 is 11.5 Å². The third-order valence-electron chi connectivity index (χ3n) is 1.65. The number of nitrogens with two attached hydrogens (primary N) is 2. The summed E-state index contributed by atoms with van der Waals surface area (Å²) in [6, 6.07) is 9.16. The summed E-state index contributed by atoms with van der Waals surface area (Å²) in [6.07, 6.45) is 0.198. The molecule has 1 aromatic rings. The second-order valence-corrected chi connectivity index (χ2v) is 2.69. The minimum absolute atomic E-state index is 0.198. The van der Waals surface area contributed by atoms with E-state index >= 15 is 0 Å². The Labute approximate surface area is 71.4 Å². The molecule has 3 nitrogen and oxygen atoms in total. The van der Waals surface area contributed by atoms with E-state index in [1.165, 1.54) is 0 Å². The maximum absolute atomic E-state index is 10.5. The standard InChI is InChI=1S/C9H12N2O/c10-8(6-9(11)12)7-4-2-1-3-5-7/h1-5,8H,6,10H2,(H2,11,12)/t8-/m0/s1. The molecule has 64 valence electrons. The summed E-state index contributed by atoms with van der Waals surface area (Å²) in [5.41, 5.74) is 11.6. The van der Waals surface area contributed by atoms with Crippen LogP contribution in [0.1, 0.15) is 18.0 Å². The molecule has 1 aromatic carbocycles. The van der Waals surface area contributed by atoms with Crippen molar-refractivity contribution in [2.45, 2.75) is 12.5 Å². The lowest BCUT2D eigenvalue weighted by Crippen LogP contribution is -2.20. The van der Waals surface area contributed by atoms with Gasteiger partial charge in [-0.2, -0.15) is 0 Å². The largest absolute Gasteiger partial charge is 0.370 e. The molecule has 0 heterocycles. The minimum Gasteiger partial charge on any atom is -0.370 e. The summed E-state index contributed by atoms with van der Waals surface area (Å²) >= 11 is 0. The molecular weight excluding hydrogens is 152 g/mol. The Morgan fingerprint density at radius 2 is 1.92 bits per heavy atom. The first-order valence-corrected chi connectivity index (χ1v) is 3.79. The molecule has 1 rings (SSSR count). The van der Waals surface area contributed by atoms with Gasteiger partial charge in [-0.05, 0) is 5.56 Å². The number of carbonyl (C=O) groups is 1.